The molecule has 0 saturated heterocycles. The molecule has 0 spiro atoms. The summed E-state index contributed by atoms with van der Waals surface area (Å²) in [4.78, 5) is 24.0. The average molecular weight is 310 g/mol. The summed E-state index contributed by atoms with van der Waals surface area (Å²) in [6, 6.07) is 12.1. The molecule has 0 bridgehead atoms. The number of hydrogen-bond donors (Lipinski definition) is 3. The number of anilines is 2. The molecule has 1 heterocycles. The van der Waals surface area contributed by atoms with Crippen LogP contribution in [-0.2, 0) is 9.59 Å². The van der Waals surface area contributed by atoms with Crippen LogP contribution in [0.1, 0.15) is 0 Å². The van der Waals surface area contributed by atoms with Crippen molar-refractivity contribution in [3.63, 3.8) is 0 Å². The number of ether oxygens (including phenoxy) is 1. The minimum absolute atomic E-state index is 0.430. The lowest BCUT2D eigenvalue weighted by Gasteiger charge is -2.10. The lowest BCUT2D eigenvalue weighted by Crippen LogP contribution is -2.29. The molecule has 116 valence electrons. The fourth-order valence-electron chi connectivity index (χ4n) is 2.13. The molecular weight excluding hydrogens is 296 g/mol. The standard InChI is InChI=1S/C16H14N4O3/c1-23-14-5-3-2-4-12(14)19-16(22)15(21)18-11-7-6-10-9-17-20-13(10)8-11/h2-9H,1H3,(H,17,20)(H,18,21)(H,19,22). The summed E-state index contributed by atoms with van der Waals surface area (Å²) in [5.41, 5.74) is 1.70. The number of amides is 2. The van der Waals surface area contributed by atoms with Crippen molar-refractivity contribution in [1.29, 1.82) is 0 Å². The van der Waals surface area contributed by atoms with Crippen molar-refractivity contribution in [3.05, 3.63) is 48.7 Å². The van der Waals surface area contributed by atoms with E-state index in [4.69, 9.17) is 4.74 Å². The van der Waals surface area contributed by atoms with E-state index in [1.54, 1.807) is 48.7 Å². The number of nitrogens with zero attached hydrogens (tertiary/aromatic N) is 1. The van der Waals surface area contributed by atoms with Crippen LogP contribution in [0, 0.1) is 0 Å². The predicted molar refractivity (Wildman–Crippen MR) is 86.3 cm³/mol. The van der Waals surface area contributed by atoms with E-state index in [2.05, 4.69) is 20.8 Å². The Hall–Kier alpha value is -3.35. The number of H-pyrrole nitrogens is 1. The van der Waals surface area contributed by atoms with Gasteiger partial charge in [0.15, 0.2) is 0 Å². The van der Waals surface area contributed by atoms with Crippen LogP contribution in [0.2, 0.25) is 0 Å². The summed E-state index contributed by atoms with van der Waals surface area (Å²) in [5.74, 6) is -1.07. The summed E-state index contributed by atoms with van der Waals surface area (Å²) < 4.78 is 5.13. The number of carbonyl (C=O) groups excluding carboxylic acids is 2. The number of aromatic nitrogens is 2. The Kier molecular flexibility index (Phi) is 3.92. The van der Waals surface area contributed by atoms with Gasteiger partial charge in [-0.3, -0.25) is 14.7 Å². The highest BCUT2D eigenvalue weighted by Crippen LogP contribution is 2.23. The predicted octanol–water partition coefficient (Wildman–Crippen LogP) is 2.15. The van der Waals surface area contributed by atoms with Gasteiger partial charge in [-0.2, -0.15) is 5.10 Å². The molecule has 7 heteroatoms. The van der Waals surface area contributed by atoms with Gasteiger partial charge in [0.25, 0.3) is 0 Å². The molecule has 0 radical (unpaired) electrons. The third-order valence-electron chi connectivity index (χ3n) is 3.26. The summed E-state index contributed by atoms with van der Waals surface area (Å²) >= 11 is 0. The number of para-hydroxylation sites is 2. The van der Waals surface area contributed by atoms with Gasteiger partial charge < -0.3 is 15.4 Å². The fourth-order valence-corrected chi connectivity index (χ4v) is 2.13. The highest BCUT2D eigenvalue weighted by Gasteiger charge is 2.16. The van der Waals surface area contributed by atoms with E-state index in [1.807, 2.05) is 0 Å². The molecule has 0 aliphatic heterocycles. The summed E-state index contributed by atoms with van der Waals surface area (Å²) in [6.07, 6.45) is 1.68. The Bertz CT molecular complexity index is 872. The first-order valence-corrected chi connectivity index (χ1v) is 6.86. The lowest BCUT2D eigenvalue weighted by molar-refractivity contribution is -0.133. The first-order chi connectivity index (χ1) is 11.2. The Balaban J connectivity index is 1.71. The maximum absolute atomic E-state index is 12.0. The van der Waals surface area contributed by atoms with Crippen molar-refractivity contribution in [2.24, 2.45) is 0 Å². The zero-order valence-electron chi connectivity index (χ0n) is 12.3. The molecule has 3 aromatic rings. The van der Waals surface area contributed by atoms with Crippen LogP contribution in [0.4, 0.5) is 11.4 Å². The van der Waals surface area contributed by atoms with Crippen LogP contribution in [0.3, 0.4) is 0 Å². The Labute approximate surface area is 131 Å². The molecule has 1 aromatic heterocycles. The van der Waals surface area contributed by atoms with E-state index >= 15 is 0 Å². The van der Waals surface area contributed by atoms with Crippen molar-refractivity contribution in [1.82, 2.24) is 10.2 Å². The van der Waals surface area contributed by atoms with Gasteiger partial charge in [0.1, 0.15) is 5.75 Å². The van der Waals surface area contributed by atoms with Gasteiger partial charge in [-0.05, 0) is 30.3 Å². The molecule has 23 heavy (non-hydrogen) atoms. The van der Waals surface area contributed by atoms with Crippen LogP contribution in [0.25, 0.3) is 10.9 Å². The van der Waals surface area contributed by atoms with Crippen LogP contribution in [-0.4, -0.2) is 29.1 Å². The molecule has 3 N–H and O–H groups in total. The topological polar surface area (TPSA) is 96.1 Å². The van der Waals surface area contributed by atoms with E-state index in [0.717, 1.165) is 10.9 Å². The molecule has 7 nitrogen and oxygen atoms in total. The molecule has 0 fully saturated rings. The molecule has 0 atom stereocenters. The summed E-state index contributed by atoms with van der Waals surface area (Å²) in [6.45, 7) is 0. The fraction of sp³-hybridized carbons (Fsp3) is 0.0625. The van der Waals surface area contributed by atoms with Crippen molar-refractivity contribution >= 4 is 34.1 Å². The van der Waals surface area contributed by atoms with Gasteiger partial charge >= 0.3 is 11.8 Å². The van der Waals surface area contributed by atoms with Gasteiger partial charge in [0.2, 0.25) is 0 Å². The number of carbonyl (C=O) groups is 2. The smallest absolute Gasteiger partial charge is 0.314 e. The number of nitrogens with one attached hydrogen (secondary N) is 3. The normalized spacial score (nSPS) is 10.3. The van der Waals surface area contributed by atoms with Crippen LogP contribution >= 0.6 is 0 Å². The van der Waals surface area contributed by atoms with Crippen molar-refractivity contribution < 1.29 is 14.3 Å². The third kappa shape index (κ3) is 3.13. The number of fused-ring (bicyclic) bond motifs is 1. The van der Waals surface area contributed by atoms with E-state index in [0.29, 0.717) is 17.1 Å². The second kappa shape index (κ2) is 6.18. The Morgan fingerprint density at radius 3 is 2.70 bits per heavy atom. The van der Waals surface area contributed by atoms with Gasteiger partial charge in [-0.1, -0.05) is 12.1 Å². The highest BCUT2D eigenvalue weighted by atomic mass is 16.5. The molecule has 0 saturated carbocycles. The number of benzene rings is 2. The zero-order valence-corrected chi connectivity index (χ0v) is 12.3. The van der Waals surface area contributed by atoms with Crippen molar-refractivity contribution in [2.75, 3.05) is 17.7 Å². The van der Waals surface area contributed by atoms with Crippen LogP contribution < -0.4 is 15.4 Å². The quantitative estimate of drug-likeness (QED) is 0.646. The Morgan fingerprint density at radius 2 is 1.87 bits per heavy atom. The number of aromatic amines is 1. The van der Waals surface area contributed by atoms with Crippen molar-refractivity contribution in [2.45, 2.75) is 0 Å². The minimum atomic E-state index is -0.779. The second-order valence-electron chi connectivity index (χ2n) is 4.78. The van der Waals surface area contributed by atoms with Gasteiger partial charge in [0.05, 0.1) is 24.5 Å². The lowest BCUT2D eigenvalue weighted by atomic mass is 10.2. The van der Waals surface area contributed by atoms with Crippen LogP contribution in [0.5, 0.6) is 5.75 Å². The van der Waals surface area contributed by atoms with Crippen LogP contribution in [0.15, 0.2) is 48.7 Å². The molecule has 0 aliphatic rings. The monoisotopic (exact) mass is 310 g/mol. The van der Waals surface area contributed by atoms with E-state index in [9.17, 15) is 9.59 Å². The summed E-state index contributed by atoms with van der Waals surface area (Å²) in [5, 5.41) is 12.7. The zero-order chi connectivity index (χ0) is 16.2. The highest BCUT2D eigenvalue weighted by molar-refractivity contribution is 6.43. The van der Waals surface area contributed by atoms with Crippen molar-refractivity contribution in [3.8, 4) is 5.75 Å². The van der Waals surface area contributed by atoms with Gasteiger partial charge in [-0.15, -0.1) is 0 Å². The molecule has 0 aliphatic carbocycles. The molecular formula is C16H14N4O3. The molecule has 0 unspecified atom stereocenters. The van der Waals surface area contributed by atoms with Gasteiger partial charge in [-0.25, -0.2) is 0 Å². The first-order valence-electron chi connectivity index (χ1n) is 6.86. The number of methoxy groups -OCH3 is 1. The van der Waals surface area contributed by atoms with E-state index in [-0.39, 0.29) is 0 Å². The maximum Gasteiger partial charge on any atom is 0.314 e. The largest absolute Gasteiger partial charge is 0.495 e. The first kappa shape index (κ1) is 14.6. The number of rotatable bonds is 3. The second-order valence-corrected chi connectivity index (χ2v) is 4.78. The maximum atomic E-state index is 12.0. The molecule has 2 aromatic carbocycles. The SMILES string of the molecule is COc1ccccc1NC(=O)C(=O)Nc1ccc2cn[nH]c2c1. The van der Waals surface area contributed by atoms with E-state index < -0.39 is 11.8 Å². The van der Waals surface area contributed by atoms with Gasteiger partial charge in [0, 0.05) is 11.1 Å². The Morgan fingerprint density at radius 1 is 1.09 bits per heavy atom. The van der Waals surface area contributed by atoms with E-state index in [1.165, 1.54) is 7.11 Å². The average Bonchev–Trinajstić information content (AvgIpc) is 3.03. The summed E-state index contributed by atoms with van der Waals surface area (Å²) in [7, 11) is 1.49. The molecule has 3 rings (SSSR count). The number of hydrogen-bond acceptors (Lipinski definition) is 4. The molecule has 2 amide bonds. The minimum Gasteiger partial charge on any atom is -0.495 e. The third-order valence-corrected chi connectivity index (χ3v) is 3.26.